The second-order valence-electron chi connectivity index (χ2n) is 5.30. The van der Waals surface area contributed by atoms with Crippen molar-refractivity contribution in [2.45, 2.75) is 6.42 Å². The van der Waals surface area contributed by atoms with Gasteiger partial charge in [0.2, 0.25) is 5.91 Å². The van der Waals surface area contributed by atoms with E-state index in [-0.39, 0.29) is 5.91 Å². The van der Waals surface area contributed by atoms with Crippen LogP contribution in [0.4, 0.5) is 11.4 Å². The van der Waals surface area contributed by atoms with Crippen molar-refractivity contribution in [2.24, 2.45) is 0 Å². The molecule has 1 N–H and O–H groups in total. The monoisotopic (exact) mass is 312 g/mol. The lowest BCUT2D eigenvalue weighted by molar-refractivity contribution is -0.117. The van der Waals surface area contributed by atoms with Gasteiger partial charge >= 0.3 is 0 Å². The molecule has 0 aliphatic carbocycles. The first-order valence-corrected chi connectivity index (χ1v) is 7.68. The molecule has 120 valence electrons. The molecule has 0 unspecified atom stereocenters. The maximum absolute atomic E-state index is 12.2. The Hall–Kier alpha value is -2.69. The van der Waals surface area contributed by atoms with Crippen LogP contribution in [0.15, 0.2) is 48.5 Å². The molecule has 2 aromatic rings. The highest BCUT2D eigenvalue weighted by atomic mass is 16.5. The number of carbonyl (C=O) groups excluding carboxylic acids is 1. The van der Waals surface area contributed by atoms with Gasteiger partial charge in [0, 0.05) is 12.6 Å². The van der Waals surface area contributed by atoms with Crippen molar-refractivity contribution in [1.82, 2.24) is 0 Å². The number of nitrogens with one attached hydrogen (secondary N) is 1. The molecule has 1 amide bonds. The van der Waals surface area contributed by atoms with E-state index in [1.807, 2.05) is 48.5 Å². The number of nitrogens with zero attached hydrogens (tertiary/aromatic N) is 1. The number of amides is 1. The third-order valence-corrected chi connectivity index (χ3v) is 3.76. The van der Waals surface area contributed by atoms with Gasteiger partial charge in [0.1, 0.15) is 11.5 Å². The number of hydrogen-bond donors (Lipinski definition) is 1. The predicted molar refractivity (Wildman–Crippen MR) is 90.4 cm³/mol. The van der Waals surface area contributed by atoms with E-state index in [1.54, 1.807) is 12.0 Å². The van der Waals surface area contributed by atoms with Crippen LogP contribution < -0.4 is 19.7 Å². The summed E-state index contributed by atoms with van der Waals surface area (Å²) < 4.78 is 10.9. The van der Waals surface area contributed by atoms with Crippen LogP contribution in [0, 0.1) is 0 Å². The maximum Gasteiger partial charge on any atom is 0.246 e. The molecule has 1 heterocycles. The molecule has 23 heavy (non-hydrogen) atoms. The fourth-order valence-corrected chi connectivity index (χ4v) is 2.59. The molecule has 5 heteroatoms. The summed E-state index contributed by atoms with van der Waals surface area (Å²) in [7, 11) is 1.63. The molecule has 0 spiro atoms. The van der Waals surface area contributed by atoms with Crippen LogP contribution in [0.1, 0.15) is 6.42 Å². The summed E-state index contributed by atoms with van der Waals surface area (Å²) in [5.74, 6) is 1.70. The number of benzene rings is 2. The van der Waals surface area contributed by atoms with Crippen molar-refractivity contribution in [2.75, 3.05) is 37.0 Å². The molecule has 0 aromatic heterocycles. The number of rotatable bonds is 6. The van der Waals surface area contributed by atoms with Crippen molar-refractivity contribution in [3.8, 4) is 11.5 Å². The highest BCUT2D eigenvalue weighted by Crippen LogP contribution is 2.32. The van der Waals surface area contributed by atoms with E-state index in [4.69, 9.17) is 9.47 Å². The fraction of sp³-hybridized carbons (Fsp3) is 0.278. The second kappa shape index (κ2) is 7.05. The molecule has 0 bridgehead atoms. The van der Waals surface area contributed by atoms with Crippen molar-refractivity contribution in [1.29, 1.82) is 0 Å². The van der Waals surface area contributed by atoms with E-state index in [0.717, 1.165) is 29.3 Å². The van der Waals surface area contributed by atoms with E-state index >= 15 is 0 Å². The van der Waals surface area contributed by atoms with Gasteiger partial charge < -0.3 is 19.7 Å². The molecule has 0 atom stereocenters. The number of fused-ring (bicyclic) bond motifs is 1. The third-order valence-electron chi connectivity index (χ3n) is 3.76. The van der Waals surface area contributed by atoms with Gasteiger partial charge in [0.15, 0.2) is 0 Å². The number of methoxy groups -OCH3 is 1. The van der Waals surface area contributed by atoms with Gasteiger partial charge in [-0.1, -0.05) is 18.2 Å². The number of ether oxygens (including phenoxy) is 2. The molecule has 0 saturated heterocycles. The predicted octanol–water partition coefficient (Wildman–Crippen LogP) is 2.92. The van der Waals surface area contributed by atoms with Crippen molar-refractivity contribution < 1.29 is 14.3 Å². The zero-order valence-corrected chi connectivity index (χ0v) is 13.1. The largest absolute Gasteiger partial charge is 0.497 e. The highest BCUT2D eigenvalue weighted by molar-refractivity contribution is 6.02. The Balaban J connectivity index is 1.60. The van der Waals surface area contributed by atoms with Crippen LogP contribution in [0.5, 0.6) is 11.5 Å². The molecule has 2 aromatic carbocycles. The maximum atomic E-state index is 12.2. The minimum Gasteiger partial charge on any atom is -0.497 e. The topological polar surface area (TPSA) is 50.8 Å². The van der Waals surface area contributed by atoms with Crippen LogP contribution in [0.25, 0.3) is 0 Å². The van der Waals surface area contributed by atoms with Crippen molar-refractivity contribution in [3.63, 3.8) is 0 Å². The van der Waals surface area contributed by atoms with Crippen molar-refractivity contribution >= 4 is 17.3 Å². The quantitative estimate of drug-likeness (QED) is 0.833. The summed E-state index contributed by atoms with van der Waals surface area (Å²) in [5, 5.41) is 3.13. The normalized spacial score (nSPS) is 13.3. The third kappa shape index (κ3) is 3.56. The molecule has 0 saturated carbocycles. The molecule has 1 aliphatic rings. The number of para-hydroxylation sites is 1. The van der Waals surface area contributed by atoms with Crippen LogP contribution in [0.2, 0.25) is 0 Å². The molecular weight excluding hydrogens is 292 g/mol. The summed E-state index contributed by atoms with van der Waals surface area (Å²) in [6.07, 6.45) is 0.770. The van der Waals surface area contributed by atoms with Crippen LogP contribution >= 0.6 is 0 Å². The van der Waals surface area contributed by atoms with E-state index in [1.165, 1.54) is 0 Å². The summed E-state index contributed by atoms with van der Waals surface area (Å²) in [5.41, 5.74) is 1.81. The summed E-state index contributed by atoms with van der Waals surface area (Å²) in [6, 6.07) is 15.4. The fourth-order valence-electron chi connectivity index (χ4n) is 2.59. The first-order chi connectivity index (χ1) is 11.3. The van der Waals surface area contributed by atoms with Gasteiger partial charge in [-0.15, -0.1) is 0 Å². The van der Waals surface area contributed by atoms with Gasteiger partial charge in [-0.25, -0.2) is 0 Å². The Labute approximate surface area is 135 Å². The van der Waals surface area contributed by atoms with Crippen LogP contribution in [-0.2, 0) is 4.79 Å². The summed E-state index contributed by atoms with van der Waals surface area (Å²) in [4.78, 5) is 14.0. The Kier molecular flexibility index (Phi) is 4.66. The van der Waals surface area contributed by atoms with E-state index < -0.39 is 0 Å². The average molecular weight is 312 g/mol. The van der Waals surface area contributed by atoms with Gasteiger partial charge in [0.05, 0.1) is 31.6 Å². The zero-order chi connectivity index (χ0) is 16.1. The Morgan fingerprint density at radius 2 is 1.96 bits per heavy atom. The lowest BCUT2D eigenvalue weighted by atomic mass is 10.1. The first-order valence-electron chi connectivity index (χ1n) is 7.68. The minimum atomic E-state index is 0.0716. The van der Waals surface area contributed by atoms with E-state index in [0.29, 0.717) is 19.7 Å². The van der Waals surface area contributed by atoms with Crippen LogP contribution in [-0.4, -0.2) is 32.7 Å². The molecule has 0 radical (unpaired) electrons. The first kappa shape index (κ1) is 15.2. The Morgan fingerprint density at radius 3 is 2.74 bits per heavy atom. The lowest BCUT2D eigenvalue weighted by Gasteiger charge is -2.30. The second-order valence-corrected chi connectivity index (χ2v) is 5.30. The highest BCUT2D eigenvalue weighted by Gasteiger charge is 2.23. The summed E-state index contributed by atoms with van der Waals surface area (Å²) in [6.45, 7) is 1.51. The van der Waals surface area contributed by atoms with Crippen molar-refractivity contribution in [3.05, 3.63) is 48.5 Å². The SMILES string of the molecule is COc1ccc2c(c1)NCC(=O)N2CCCOc1ccccc1. The smallest absolute Gasteiger partial charge is 0.246 e. The molecule has 3 rings (SSSR count). The minimum absolute atomic E-state index is 0.0716. The molecule has 1 aliphatic heterocycles. The average Bonchev–Trinajstić information content (AvgIpc) is 2.60. The molecular formula is C18H20N2O3. The van der Waals surface area contributed by atoms with Gasteiger partial charge in [0.25, 0.3) is 0 Å². The van der Waals surface area contributed by atoms with Gasteiger partial charge in [-0.3, -0.25) is 4.79 Å². The standard InChI is InChI=1S/C18H20N2O3/c1-22-15-8-9-17-16(12-15)19-13-18(21)20(17)10-5-11-23-14-6-3-2-4-7-14/h2-4,6-9,12,19H,5,10-11,13H2,1H3. The Morgan fingerprint density at radius 1 is 1.13 bits per heavy atom. The Bertz CT molecular complexity index is 673. The summed E-state index contributed by atoms with van der Waals surface area (Å²) >= 11 is 0. The lowest BCUT2D eigenvalue weighted by Crippen LogP contribution is -2.40. The number of anilines is 2. The van der Waals surface area contributed by atoms with Crippen LogP contribution in [0.3, 0.4) is 0 Å². The van der Waals surface area contributed by atoms with Gasteiger partial charge in [-0.2, -0.15) is 0 Å². The molecule has 5 nitrogen and oxygen atoms in total. The van der Waals surface area contributed by atoms with Gasteiger partial charge in [-0.05, 0) is 30.7 Å². The molecule has 0 fully saturated rings. The number of carbonyl (C=O) groups is 1. The zero-order valence-electron chi connectivity index (χ0n) is 13.1. The van der Waals surface area contributed by atoms with E-state index in [9.17, 15) is 4.79 Å². The van der Waals surface area contributed by atoms with E-state index in [2.05, 4.69) is 5.32 Å². The number of hydrogen-bond acceptors (Lipinski definition) is 4.